The molecule has 7 heteroatoms. The van der Waals surface area contributed by atoms with E-state index < -0.39 is 0 Å². The molecular formula is C23H23ClN4O2. The van der Waals surface area contributed by atoms with E-state index in [9.17, 15) is 9.59 Å². The Morgan fingerprint density at radius 1 is 1.00 bits per heavy atom. The average Bonchev–Trinajstić information content (AvgIpc) is 2.76. The Morgan fingerprint density at radius 3 is 2.37 bits per heavy atom. The number of hydrogen-bond donors (Lipinski definition) is 0. The fourth-order valence-electron chi connectivity index (χ4n) is 3.77. The van der Waals surface area contributed by atoms with E-state index in [1.807, 2.05) is 72.2 Å². The Labute approximate surface area is 180 Å². The van der Waals surface area contributed by atoms with Crippen molar-refractivity contribution in [3.05, 3.63) is 86.8 Å². The standard InChI is InChI=1S/C23H23ClN4O2/c1-16-8-9-19(17(2)14-16)22(29)27-12-10-26(11-13-27)20-15-25-28(23(30)21(20)24)18-6-4-3-5-7-18/h3-9,14-15H,10-13H2,1-2H3. The molecule has 0 N–H and O–H groups in total. The first-order valence-corrected chi connectivity index (χ1v) is 10.3. The van der Waals surface area contributed by atoms with Gasteiger partial charge in [0.15, 0.2) is 0 Å². The molecule has 0 spiro atoms. The molecule has 1 aliphatic heterocycles. The summed E-state index contributed by atoms with van der Waals surface area (Å²) in [5, 5.41) is 4.45. The topological polar surface area (TPSA) is 58.4 Å². The van der Waals surface area contributed by atoms with Crippen molar-refractivity contribution in [2.75, 3.05) is 31.1 Å². The summed E-state index contributed by atoms with van der Waals surface area (Å²) in [5.41, 5.74) is 3.78. The van der Waals surface area contributed by atoms with Crippen molar-refractivity contribution < 1.29 is 4.79 Å². The third-order valence-electron chi connectivity index (χ3n) is 5.42. The van der Waals surface area contributed by atoms with Crippen molar-refractivity contribution in [2.45, 2.75) is 13.8 Å². The number of para-hydroxylation sites is 1. The SMILES string of the molecule is Cc1ccc(C(=O)N2CCN(c3cnn(-c4ccccc4)c(=O)c3Cl)CC2)c(C)c1. The van der Waals surface area contributed by atoms with Crippen molar-refractivity contribution in [1.82, 2.24) is 14.7 Å². The largest absolute Gasteiger partial charge is 0.365 e. The second-order valence-corrected chi connectivity index (χ2v) is 7.87. The maximum absolute atomic E-state index is 12.9. The lowest BCUT2D eigenvalue weighted by Gasteiger charge is -2.36. The highest BCUT2D eigenvalue weighted by atomic mass is 35.5. The molecule has 30 heavy (non-hydrogen) atoms. The zero-order chi connectivity index (χ0) is 21.3. The molecule has 1 amide bonds. The lowest BCUT2D eigenvalue weighted by atomic mass is 10.0. The quantitative estimate of drug-likeness (QED) is 0.648. The number of nitrogens with zero attached hydrogens (tertiary/aromatic N) is 4. The van der Waals surface area contributed by atoms with Crippen LogP contribution in [0.15, 0.2) is 59.5 Å². The van der Waals surface area contributed by atoms with Gasteiger partial charge in [-0.2, -0.15) is 9.78 Å². The van der Waals surface area contributed by atoms with Crippen LogP contribution in [0.25, 0.3) is 5.69 Å². The highest BCUT2D eigenvalue weighted by Gasteiger charge is 2.25. The fraction of sp³-hybridized carbons (Fsp3) is 0.261. The number of rotatable bonds is 3. The lowest BCUT2D eigenvalue weighted by molar-refractivity contribution is 0.0746. The third-order valence-corrected chi connectivity index (χ3v) is 5.78. The van der Waals surface area contributed by atoms with Crippen LogP contribution >= 0.6 is 11.6 Å². The third kappa shape index (κ3) is 3.83. The van der Waals surface area contributed by atoms with Gasteiger partial charge in [0.25, 0.3) is 11.5 Å². The minimum atomic E-state index is -0.353. The summed E-state index contributed by atoms with van der Waals surface area (Å²) in [7, 11) is 0. The van der Waals surface area contributed by atoms with E-state index in [-0.39, 0.29) is 16.5 Å². The van der Waals surface area contributed by atoms with Crippen molar-refractivity contribution in [2.24, 2.45) is 0 Å². The van der Waals surface area contributed by atoms with Crippen LogP contribution < -0.4 is 10.5 Å². The van der Waals surface area contributed by atoms with Crippen molar-refractivity contribution in [1.29, 1.82) is 0 Å². The molecule has 3 aromatic rings. The second kappa shape index (κ2) is 8.32. The molecule has 4 rings (SSSR count). The van der Waals surface area contributed by atoms with E-state index in [0.29, 0.717) is 37.6 Å². The van der Waals surface area contributed by atoms with Gasteiger partial charge in [-0.15, -0.1) is 0 Å². The predicted molar refractivity (Wildman–Crippen MR) is 119 cm³/mol. The van der Waals surface area contributed by atoms with E-state index in [1.54, 1.807) is 6.20 Å². The number of halogens is 1. The molecule has 0 atom stereocenters. The van der Waals surface area contributed by atoms with E-state index in [1.165, 1.54) is 4.68 Å². The number of piperazine rings is 1. The first-order valence-electron chi connectivity index (χ1n) is 9.90. The molecule has 6 nitrogen and oxygen atoms in total. The molecule has 1 fully saturated rings. The molecule has 1 saturated heterocycles. The van der Waals surface area contributed by atoms with Gasteiger partial charge in [-0.05, 0) is 37.6 Å². The zero-order valence-corrected chi connectivity index (χ0v) is 17.8. The second-order valence-electron chi connectivity index (χ2n) is 7.49. The Morgan fingerprint density at radius 2 is 1.70 bits per heavy atom. The van der Waals surface area contributed by atoms with Gasteiger partial charge in [0.1, 0.15) is 5.02 Å². The average molecular weight is 423 g/mol. The summed E-state index contributed by atoms with van der Waals surface area (Å²) >= 11 is 6.42. The monoisotopic (exact) mass is 422 g/mol. The van der Waals surface area contributed by atoms with Gasteiger partial charge in [-0.1, -0.05) is 47.5 Å². The number of carbonyl (C=O) groups is 1. The van der Waals surface area contributed by atoms with Crippen LogP contribution in [-0.4, -0.2) is 46.8 Å². The highest BCUT2D eigenvalue weighted by Crippen LogP contribution is 2.24. The smallest absolute Gasteiger partial charge is 0.292 e. The molecule has 1 aromatic heterocycles. The Bertz CT molecular complexity index is 1140. The summed E-state index contributed by atoms with van der Waals surface area (Å²) in [5.74, 6) is 0.0378. The maximum Gasteiger partial charge on any atom is 0.292 e. The molecule has 0 saturated carbocycles. The summed E-state index contributed by atoms with van der Waals surface area (Å²) in [6.45, 7) is 6.28. The first kappa shape index (κ1) is 20.2. The minimum absolute atomic E-state index is 0.0378. The number of aromatic nitrogens is 2. The summed E-state index contributed by atoms with van der Waals surface area (Å²) in [4.78, 5) is 29.5. The van der Waals surface area contributed by atoms with Crippen LogP contribution in [0.2, 0.25) is 5.02 Å². The molecule has 0 unspecified atom stereocenters. The number of amides is 1. The van der Waals surface area contributed by atoms with Gasteiger partial charge in [0.2, 0.25) is 0 Å². The van der Waals surface area contributed by atoms with Gasteiger partial charge < -0.3 is 9.80 Å². The van der Waals surface area contributed by atoms with Crippen LogP contribution in [0, 0.1) is 13.8 Å². The number of carbonyl (C=O) groups excluding carboxylic acids is 1. The van der Waals surface area contributed by atoms with Gasteiger partial charge >= 0.3 is 0 Å². The highest BCUT2D eigenvalue weighted by molar-refractivity contribution is 6.33. The van der Waals surface area contributed by atoms with E-state index in [0.717, 1.165) is 16.7 Å². The van der Waals surface area contributed by atoms with Crippen LogP contribution in [0.3, 0.4) is 0 Å². The van der Waals surface area contributed by atoms with Gasteiger partial charge in [-0.25, -0.2) is 0 Å². The molecule has 2 heterocycles. The van der Waals surface area contributed by atoms with Crippen molar-refractivity contribution in [3.8, 4) is 5.69 Å². The van der Waals surface area contributed by atoms with Crippen LogP contribution in [-0.2, 0) is 0 Å². The van der Waals surface area contributed by atoms with E-state index in [2.05, 4.69) is 5.10 Å². The number of aryl methyl sites for hydroxylation is 2. The van der Waals surface area contributed by atoms with Crippen LogP contribution in [0.4, 0.5) is 5.69 Å². The number of benzene rings is 2. The van der Waals surface area contributed by atoms with Crippen molar-refractivity contribution in [3.63, 3.8) is 0 Å². The molecule has 2 aromatic carbocycles. The Kier molecular flexibility index (Phi) is 5.59. The molecule has 1 aliphatic rings. The molecule has 154 valence electrons. The van der Waals surface area contributed by atoms with Crippen LogP contribution in [0.1, 0.15) is 21.5 Å². The van der Waals surface area contributed by atoms with Crippen molar-refractivity contribution >= 4 is 23.2 Å². The van der Waals surface area contributed by atoms with E-state index >= 15 is 0 Å². The Hall–Kier alpha value is -3.12. The lowest BCUT2D eigenvalue weighted by Crippen LogP contribution is -2.49. The van der Waals surface area contributed by atoms with E-state index in [4.69, 9.17) is 11.6 Å². The summed E-state index contributed by atoms with van der Waals surface area (Å²) in [6.07, 6.45) is 1.62. The molecule has 0 aliphatic carbocycles. The molecule has 0 bridgehead atoms. The minimum Gasteiger partial charge on any atom is -0.365 e. The Balaban J connectivity index is 1.50. The number of anilines is 1. The first-order chi connectivity index (χ1) is 14.5. The molecular weight excluding hydrogens is 400 g/mol. The van der Waals surface area contributed by atoms with Gasteiger partial charge in [0.05, 0.1) is 17.6 Å². The summed E-state index contributed by atoms with van der Waals surface area (Å²) < 4.78 is 1.30. The maximum atomic E-state index is 12.9. The van der Waals surface area contributed by atoms with Crippen LogP contribution in [0.5, 0.6) is 0 Å². The fourth-order valence-corrected chi connectivity index (χ4v) is 4.02. The number of hydrogen-bond acceptors (Lipinski definition) is 4. The predicted octanol–water partition coefficient (Wildman–Crippen LogP) is 3.47. The van der Waals surface area contributed by atoms with Gasteiger partial charge in [-0.3, -0.25) is 9.59 Å². The normalized spacial score (nSPS) is 14.1. The zero-order valence-electron chi connectivity index (χ0n) is 17.0. The van der Waals surface area contributed by atoms with Gasteiger partial charge in [0, 0.05) is 31.7 Å². The molecule has 0 radical (unpaired) electrons. The summed E-state index contributed by atoms with van der Waals surface area (Å²) in [6, 6.07) is 15.1.